The molecule has 38 heavy (non-hydrogen) atoms. The molecule has 3 N–H and O–H groups in total. The molecule has 3 atom stereocenters. The molecule has 2 aromatic carbocycles. The third kappa shape index (κ3) is 9.39. The second-order valence-corrected chi connectivity index (χ2v) is 10.9. The molecule has 0 spiro atoms. The summed E-state index contributed by atoms with van der Waals surface area (Å²) >= 11 is 0. The van der Waals surface area contributed by atoms with Crippen LogP contribution in [0.25, 0.3) is 0 Å². The zero-order valence-electron chi connectivity index (χ0n) is 23.7. The monoisotopic (exact) mass is 525 g/mol. The highest BCUT2D eigenvalue weighted by Crippen LogP contribution is 2.28. The molecule has 0 aromatic heterocycles. The van der Waals surface area contributed by atoms with E-state index in [9.17, 15) is 19.5 Å². The summed E-state index contributed by atoms with van der Waals surface area (Å²) in [6, 6.07) is 13.2. The molecular formula is C30H43N3O5. The molecule has 0 heterocycles. The number of carbonyl (C=O) groups is 3. The molecule has 208 valence electrons. The van der Waals surface area contributed by atoms with Crippen molar-refractivity contribution in [1.82, 2.24) is 15.5 Å². The van der Waals surface area contributed by atoms with Crippen molar-refractivity contribution in [3.05, 3.63) is 65.7 Å². The van der Waals surface area contributed by atoms with Crippen molar-refractivity contribution in [2.24, 2.45) is 0 Å². The Morgan fingerprint density at radius 1 is 0.974 bits per heavy atom. The highest BCUT2D eigenvalue weighted by Gasteiger charge is 2.38. The Balaban J connectivity index is 2.52. The van der Waals surface area contributed by atoms with E-state index in [1.54, 1.807) is 32.9 Å². The maximum atomic E-state index is 14.2. The number of aromatic hydroxyl groups is 1. The van der Waals surface area contributed by atoms with E-state index in [1.807, 2.05) is 58.0 Å². The van der Waals surface area contributed by atoms with Crippen LogP contribution in [0.1, 0.15) is 78.5 Å². The normalized spacial score (nSPS) is 13.8. The van der Waals surface area contributed by atoms with Crippen LogP contribution in [0.2, 0.25) is 0 Å². The first-order valence-corrected chi connectivity index (χ1v) is 13.3. The average Bonchev–Trinajstić information content (AvgIpc) is 2.80. The van der Waals surface area contributed by atoms with E-state index < -0.39 is 35.7 Å². The number of phenolic OH excluding ortho intramolecular Hbond substituents is 1. The smallest absolute Gasteiger partial charge is 0.408 e. The summed E-state index contributed by atoms with van der Waals surface area (Å²) in [6.45, 7) is 12.9. The lowest BCUT2D eigenvalue weighted by molar-refractivity contribution is -0.144. The topological polar surface area (TPSA) is 108 Å². The maximum Gasteiger partial charge on any atom is 0.408 e. The van der Waals surface area contributed by atoms with E-state index in [-0.39, 0.29) is 24.1 Å². The van der Waals surface area contributed by atoms with Crippen LogP contribution in [0.15, 0.2) is 54.6 Å². The highest BCUT2D eigenvalue weighted by atomic mass is 16.6. The number of nitrogens with one attached hydrogen (secondary N) is 2. The summed E-state index contributed by atoms with van der Waals surface area (Å²) in [5, 5.41) is 16.0. The van der Waals surface area contributed by atoms with Crippen LogP contribution in [0.4, 0.5) is 4.79 Å². The molecule has 3 unspecified atom stereocenters. The fourth-order valence-electron chi connectivity index (χ4n) is 4.32. The Labute approximate surface area is 226 Å². The largest absolute Gasteiger partial charge is 0.508 e. The fraction of sp³-hybridized carbons (Fsp3) is 0.500. The summed E-state index contributed by atoms with van der Waals surface area (Å²) in [4.78, 5) is 42.2. The third-order valence-corrected chi connectivity index (χ3v) is 5.91. The highest BCUT2D eigenvalue weighted by molar-refractivity contribution is 5.92. The Morgan fingerprint density at radius 2 is 1.63 bits per heavy atom. The summed E-state index contributed by atoms with van der Waals surface area (Å²) in [7, 11) is 0. The first kappa shape index (κ1) is 30.7. The lowest BCUT2D eigenvalue weighted by atomic mass is 9.98. The van der Waals surface area contributed by atoms with Gasteiger partial charge in [0.25, 0.3) is 0 Å². The Morgan fingerprint density at radius 3 is 2.18 bits per heavy atom. The molecule has 0 radical (unpaired) electrons. The first-order chi connectivity index (χ1) is 17.8. The minimum Gasteiger partial charge on any atom is -0.508 e. The van der Waals surface area contributed by atoms with Crippen LogP contribution in [0.3, 0.4) is 0 Å². The van der Waals surface area contributed by atoms with Crippen LogP contribution in [-0.4, -0.2) is 51.6 Å². The van der Waals surface area contributed by atoms with Gasteiger partial charge >= 0.3 is 6.09 Å². The van der Waals surface area contributed by atoms with Gasteiger partial charge in [0.15, 0.2) is 0 Å². The minimum atomic E-state index is -1.02. The van der Waals surface area contributed by atoms with E-state index >= 15 is 0 Å². The standard InChI is InChI=1S/C30H43N3O5/c1-8-13-21(4)31-27(35)26(23-16-12-17-24(34)19-23)33(20(2)3)28(36)25(18-22-14-10-9-11-15-22)32-29(37)38-30(5,6)7/h9-12,14-17,19-21,25-26,34H,8,13,18H2,1-7H3,(H,31,35)(H,32,37). The van der Waals surface area contributed by atoms with Crippen molar-refractivity contribution in [2.75, 3.05) is 0 Å². The van der Waals surface area contributed by atoms with Crippen LogP contribution >= 0.6 is 0 Å². The molecule has 0 aliphatic rings. The first-order valence-electron chi connectivity index (χ1n) is 13.3. The Hall–Kier alpha value is -3.55. The van der Waals surface area contributed by atoms with Crippen molar-refractivity contribution in [2.45, 2.75) is 97.5 Å². The van der Waals surface area contributed by atoms with E-state index in [1.165, 1.54) is 17.0 Å². The van der Waals surface area contributed by atoms with Gasteiger partial charge in [-0.15, -0.1) is 0 Å². The van der Waals surface area contributed by atoms with Gasteiger partial charge in [0.1, 0.15) is 23.4 Å². The molecule has 8 heteroatoms. The molecular weight excluding hydrogens is 482 g/mol. The van der Waals surface area contributed by atoms with Crippen molar-refractivity contribution < 1.29 is 24.2 Å². The van der Waals surface area contributed by atoms with Crippen LogP contribution < -0.4 is 10.6 Å². The molecule has 0 fully saturated rings. The number of nitrogens with zero attached hydrogens (tertiary/aromatic N) is 1. The molecule has 0 bridgehead atoms. The van der Waals surface area contributed by atoms with E-state index in [0.29, 0.717) is 5.56 Å². The van der Waals surface area contributed by atoms with Gasteiger partial charge in [0, 0.05) is 18.5 Å². The average molecular weight is 526 g/mol. The quantitative estimate of drug-likeness (QED) is 0.378. The number of carbonyl (C=O) groups excluding carboxylic acids is 3. The molecule has 2 rings (SSSR count). The number of alkyl carbamates (subject to hydrolysis) is 1. The van der Waals surface area contributed by atoms with E-state index in [2.05, 4.69) is 10.6 Å². The van der Waals surface area contributed by atoms with Crippen molar-refractivity contribution >= 4 is 17.9 Å². The molecule has 3 amide bonds. The predicted molar refractivity (Wildman–Crippen MR) is 149 cm³/mol. The van der Waals surface area contributed by atoms with Crippen molar-refractivity contribution in [3.63, 3.8) is 0 Å². The van der Waals surface area contributed by atoms with E-state index in [0.717, 1.165) is 18.4 Å². The van der Waals surface area contributed by atoms with Gasteiger partial charge in [-0.1, -0.05) is 55.8 Å². The lowest BCUT2D eigenvalue weighted by Crippen LogP contribution is -2.56. The van der Waals surface area contributed by atoms with Crippen molar-refractivity contribution in [1.29, 1.82) is 0 Å². The molecule has 8 nitrogen and oxygen atoms in total. The molecule has 0 aliphatic heterocycles. The van der Waals surface area contributed by atoms with Gasteiger partial charge in [-0.2, -0.15) is 0 Å². The number of hydrogen-bond acceptors (Lipinski definition) is 5. The lowest BCUT2D eigenvalue weighted by Gasteiger charge is -2.37. The maximum absolute atomic E-state index is 14.2. The number of amides is 3. The zero-order valence-corrected chi connectivity index (χ0v) is 23.7. The van der Waals surface area contributed by atoms with Gasteiger partial charge < -0.3 is 25.4 Å². The molecule has 0 saturated heterocycles. The Kier molecular flexibility index (Phi) is 11.2. The summed E-state index contributed by atoms with van der Waals surface area (Å²) in [6.07, 6.45) is 1.17. The predicted octanol–water partition coefficient (Wildman–Crippen LogP) is 5.11. The van der Waals surface area contributed by atoms with E-state index in [4.69, 9.17) is 4.74 Å². The summed E-state index contributed by atoms with van der Waals surface area (Å²) in [5.74, 6) is -0.790. The van der Waals surface area contributed by atoms with Gasteiger partial charge in [0.2, 0.25) is 11.8 Å². The minimum absolute atomic E-state index is 0.00854. The number of rotatable bonds is 11. The number of phenols is 1. The summed E-state index contributed by atoms with van der Waals surface area (Å²) in [5.41, 5.74) is 0.575. The fourth-order valence-corrected chi connectivity index (χ4v) is 4.32. The number of benzene rings is 2. The van der Waals surface area contributed by atoms with Crippen LogP contribution in [0.5, 0.6) is 5.75 Å². The zero-order chi connectivity index (χ0) is 28.5. The number of ether oxygens (including phenoxy) is 1. The summed E-state index contributed by atoms with van der Waals surface area (Å²) < 4.78 is 5.45. The molecule has 2 aromatic rings. The second kappa shape index (κ2) is 13.8. The SMILES string of the molecule is CCCC(C)NC(=O)C(c1cccc(O)c1)N(C(=O)C(Cc1ccccc1)NC(=O)OC(C)(C)C)C(C)C. The third-order valence-electron chi connectivity index (χ3n) is 5.91. The van der Waals surface area contributed by atoms with Crippen LogP contribution in [0, 0.1) is 0 Å². The number of hydrogen-bond donors (Lipinski definition) is 3. The van der Waals surface area contributed by atoms with Crippen molar-refractivity contribution in [3.8, 4) is 5.75 Å². The van der Waals surface area contributed by atoms with Gasteiger partial charge in [-0.25, -0.2) is 4.79 Å². The Bertz CT molecular complexity index is 1070. The van der Waals surface area contributed by atoms with Gasteiger partial charge in [-0.3, -0.25) is 9.59 Å². The van der Waals surface area contributed by atoms with Gasteiger partial charge in [-0.05, 0) is 71.2 Å². The second-order valence-electron chi connectivity index (χ2n) is 10.9. The van der Waals surface area contributed by atoms with Gasteiger partial charge in [0.05, 0.1) is 0 Å². The molecule has 0 aliphatic carbocycles. The van der Waals surface area contributed by atoms with Crippen LogP contribution in [-0.2, 0) is 20.7 Å². The molecule has 0 saturated carbocycles.